The van der Waals surface area contributed by atoms with Crippen molar-refractivity contribution in [3.8, 4) is 11.1 Å². The number of benzene rings is 2. The van der Waals surface area contributed by atoms with E-state index in [2.05, 4.69) is 40.4 Å². The monoisotopic (exact) mass is 303 g/mol. The van der Waals surface area contributed by atoms with Gasteiger partial charge in [-0.1, -0.05) is 36.4 Å². The maximum atomic E-state index is 12.5. The fourth-order valence-corrected chi connectivity index (χ4v) is 3.06. The minimum Gasteiger partial charge on any atom is -0.293 e. The Hall–Kier alpha value is -2.88. The van der Waals surface area contributed by atoms with Crippen molar-refractivity contribution < 1.29 is 0 Å². The standard InChI is InChI=1S/C19H17N3O/c1-11-12(2)20-18-17(13(3)21-22(18)19(11)23)16-9-8-14-6-4-5-7-15(14)10-16/h4-10,21H,1-3H3. The molecule has 2 aromatic carbocycles. The van der Waals surface area contributed by atoms with Gasteiger partial charge in [-0.05, 0) is 43.2 Å². The fraction of sp³-hybridized carbons (Fsp3) is 0.158. The molecule has 0 fully saturated rings. The number of aryl methyl sites for hydroxylation is 2. The third kappa shape index (κ3) is 1.99. The van der Waals surface area contributed by atoms with Gasteiger partial charge in [0.25, 0.3) is 5.56 Å². The highest BCUT2D eigenvalue weighted by Gasteiger charge is 2.16. The highest BCUT2D eigenvalue weighted by atomic mass is 16.1. The number of hydrogen-bond acceptors (Lipinski definition) is 2. The Balaban J connectivity index is 2.07. The van der Waals surface area contributed by atoms with Gasteiger partial charge in [0.15, 0.2) is 5.65 Å². The van der Waals surface area contributed by atoms with Gasteiger partial charge < -0.3 is 0 Å². The van der Waals surface area contributed by atoms with E-state index in [-0.39, 0.29) is 5.56 Å². The van der Waals surface area contributed by atoms with Gasteiger partial charge in [0.2, 0.25) is 0 Å². The topological polar surface area (TPSA) is 50.2 Å². The summed E-state index contributed by atoms with van der Waals surface area (Å²) in [5.41, 5.74) is 5.08. The summed E-state index contributed by atoms with van der Waals surface area (Å²) in [4.78, 5) is 17.1. The molecule has 0 aliphatic heterocycles. The number of rotatable bonds is 1. The lowest BCUT2D eigenvalue weighted by Gasteiger charge is -2.05. The van der Waals surface area contributed by atoms with Gasteiger partial charge in [0.05, 0.1) is 0 Å². The second kappa shape index (κ2) is 4.81. The average molecular weight is 303 g/mol. The number of nitrogens with zero attached hydrogens (tertiary/aromatic N) is 2. The van der Waals surface area contributed by atoms with Crippen LogP contribution in [0.15, 0.2) is 47.3 Å². The molecule has 0 spiro atoms. The summed E-state index contributed by atoms with van der Waals surface area (Å²) in [7, 11) is 0. The average Bonchev–Trinajstić information content (AvgIpc) is 2.88. The van der Waals surface area contributed by atoms with E-state index in [0.717, 1.165) is 22.5 Å². The summed E-state index contributed by atoms with van der Waals surface area (Å²) in [6.07, 6.45) is 0. The van der Waals surface area contributed by atoms with Crippen molar-refractivity contribution in [3.05, 3.63) is 69.8 Å². The molecule has 4 aromatic rings. The minimum absolute atomic E-state index is 0.0392. The third-order valence-electron chi connectivity index (χ3n) is 4.47. The largest absolute Gasteiger partial charge is 0.293 e. The van der Waals surface area contributed by atoms with Gasteiger partial charge in [-0.2, -0.15) is 0 Å². The predicted molar refractivity (Wildman–Crippen MR) is 93.0 cm³/mol. The van der Waals surface area contributed by atoms with E-state index in [1.54, 1.807) is 4.52 Å². The molecular formula is C19H17N3O. The van der Waals surface area contributed by atoms with Gasteiger partial charge in [0, 0.05) is 22.5 Å². The zero-order valence-electron chi connectivity index (χ0n) is 13.3. The summed E-state index contributed by atoms with van der Waals surface area (Å²) >= 11 is 0. The van der Waals surface area contributed by atoms with Crippen LogP contribution < -0.4 is 5.56 Å². The van der Waals surface area contributed by atoms with E-state index in [1.165, 1.54) is 10.8 Å². The van der Waals surface area contributed by atoms with Crippen LogP contribution in [0.3, 0.4) is 0 Å². The van der Waals surface area contributed by atoms with Crippen molar-refractivity contribution in [1.29, 1.82) is 0 Å². The van der Waals surface area contributed by atoms with Crippen LogP contribution in [-0.2, 0) is 0 Å². The molecule has 23 heavy (non-hydrogen) atoms. The van der Waals surface area contributed by atoms with E-state index in [0.29, 0.717) is 11.2 Å². The van der Waals surface area contributed by atoms with Crippen LogP contribution in [0.2, 0.25) is 0 Å². The molecule has 0 amide bonds. The molecule has 114 valence electrons. The van der Waals surface area contributed by atoms with Gasteiger partial charge >= 0.3 is 0 Å². The van der Waals surface area contributed by atoms with Gasteiger partial charge in [0.1, 0.15) is 0 Å². The third-order valence-corrected chi connectivity index (χ3v) is 4.47. The molecule has 4 rings (SSSR count). The molecule has 2 aromatic heterocycles. The minimum atomic E-state index is -0.0392. The van der Waals surface area contributed by atoms with Gasteiger partial charge in [-0.3, -0.25) is 9.89 Å². The number of aromatic nitrogens is 3. The van der Waals surface area contributed by atoms with E-state index in [4.69, 9.17) is 0 Å². The van der Waals surface area contributed by atoms with Crippen LogP contribution in [0.25, 0.3) is 27.5 Å². The van der Waals surface area contributed by atoms with Crippen molar-refractivity contribution in [2.45, 2.75) is 20.8 Å². The van der Waals surface area contributed by atoms with E-state index in [1.807, 2.05) is 32.9 Å². The van der Waals surface area contributed by atoms with Crippen LogP contribution in [0.5, 0.6) is 0 Å². The molecule has 4 heteroatoms. The molecule has 2 heterocycles. The first-order valence-corrected chi connectivity index (χ1v) is 7.64. The Labute approximate surface area is 133 Å². The Bertz CT molecular complexity index is 1120. The lowest BCUT2D eigenvalue weighted by Crippen LogP contribution is -2.19. The number of nitrogens with one attached hydrogen (secondary N) is 1. The first kappa shape index (κ1) is 13.8. The fourth-order valence-electron chi connectivity index (χ4n) is 3.06. The quantitative estimate of drug-likeness (QED) is 0.582. The summed E-state index contributed by atoms with van der Waals surface area (Å²) in [6.45, 7) is 5.66. The summed E-state index contributed by atoms with van der Waals surface area (Å²) < 4.78 is 1.54. The summed E-state index contributed by atoms with van der Waals surface area (Å²) in [5.74, 6) is 0. The van der Waals surface area contributed by atoms with Crippen LogP contribution in [0, 0.1) is 20.8 Å². The van der Waals surface area contributed by atoms with Crippen molar-refractivity contribution >= 4 is 16.4 Å². The summed E-state index contributed by atoms with van der Waals surface area (Å²) in [6, 6.07) is 14.6. The van der Waals surface area contributed by atoms with Crippen LogP contribution in [0.4, 0.5) is 0 Å². The van der Waals surface area contributed by atoms with Crippen molar-refractivity contribution in [3.63, 3.8) is 0 Å². The van der Waals surface area contributed by atoms with E-state index in [9.17, 15) is 4.79 Å². The SMILES string of the molecule is Cc1nc2c(-c3ccc4ccccc4c3)c(C)[nH]n2c(=O)c1C. The Kier molecular flexibility index (Phi) is 2.88. The predicted octanol–water partition coefficient (Wildman–Crippen LogP) is 3.77. The molecule has 0 aliphatic rings. The maximum Gasteiger partial charge on any atom is 0.275 e. The van der Waals surface area contributed by atoms with Crippen molar-refractivity contribution in [1.82, 2.24) is 14.6 Å². The molecule has 1 N–H and O–H groups in total. The summed E-state index contributed by atoms with van der Waals surface area (Å²) in [5, 5.41) is 5.53. The lowest BCUT2D eigenvalue weighted by atomic mass is 10.0. The Morgan fingerprint density at radius 1 is 1.00 bits per heavy atom. The zero-order chi connectivity index (χ0) is 16.1. The molecule has 0 radical (unpaired) electrons. The lowest BCUT2D eigenvalue weighted by molar-refractivity contribution is 0.859. The normalized spacial score (nSPS) is 11.4. The van der Waals surface area contributed by atoms with E-state index >= 15 is 0 Å². The van der Waals surface area contributed by atoms with Gasteiger partial charge in [-0.15, -0.1) is 0 Å². The molecule has 0 aliphatic carbocycles. The van der Waals surface area contributed by atoms with Gasteiger partial charge in [-0.25, -0.2) is 9.50 Å². The number of aromatic amines is 1. The number of H-pyrrole nitrogens is 1. The second-order valence-corrected chi connectivity index (χ2v) is 5.96. The maximum absolute atomic E-state index is 12.5. The van der Waals surface area contributed by atoms with Crippen LogP contribution in [-0.4, -0.2) is 14.6 Å². The first-order chi connectivity index (χ1) is 11.1. The highest BCUT2D eigenvalue weighted by Crippen LogP contribution is 2.29. The zero-order valence-corrected chi connectivity index (χ0v) is 13.3. The molecule has 0 bridgehead atoms. The molecule has 0 atom stereocenters. The molecular weight excluding hydrogens is 286 g/mol. The number of fused-ring (bicyclic) bond motifs is 2. The van der Waals surface area contributed by atoms with E-state index < -0.39 is 0 Å². The van der Waals surface area contributed by atoms with Crippen molar-refractivity contribution in [2.75, 3.05) is 0 Å². The van der Waals surface area contributed by atoms with Crippen molar-refractivity contribution in [2.24, 2.45) is 0 Å². The highest BCUT2D eigenvalue weighted by molar-refractivity contribution is 5.90. The molecule has 0 unspecified atom stereocenters. The molecule has 0 saturated carbocycles. The van der Waals surface area contributed by atoms with Crippen LogP contribution >= 0.6 is 0 Å². The Morgan fingerprint density at radius 3 is 2.52 bits per heavy atom. The molecule has 0 saturated heterocycles. The van der Waals surface area contributed by atoms with Crippen LogP contribution in [0.1, 0.15) is 17.0 Å². The Morgan fingerprint density at radius 2 is 1.74 bits per heavy atom. The smallest absolute Gasteiger partial charge is 0.275 e. The second-order valence-electron chi connectivity index (χ2n) is 5.96. The first-order valence-electron chi connectivity index (χ1n) is 7.64. The molecule has 4 nitrogen and oxygen atoms in total. The number of hydrogen-bond donors (Lipinski definition) is 1.